The molecule has 0 saturated carbocycles. The standard InChI is InChI=1S/C23H24F3N3O2S/c24-23(25,26)19-8-6-18(7-9-19)15-29-16-22(30-21(29)31-29)10-12-28(13-11-22)20(32)27-14-17-4-2-1-3-5-17/h1-9,21H,10-16H2/p+1. The van der Waals surface area contributed by atoms with Crippen LogP contribution in [0.3, 0.4) is 0 Å². The van der Waals surface area contributed by atoms with Gasteiger partial charge in [0.25, 0.3) is 0 Å². The molecule has 0 aromatic heterocycles. The van der Waals surface area contributed by atoms with Crippen LogP contribution < -0.4 is 5.32 Å². The van der Waals surface area contributed by atoms with Crippen molar-refractivity contribution in [3.05, 3.63) is 71.3 Å². The molecule has 9 heteroatoms. The minimum absolute atomic E-state index is 0.264. The number of fused-ring (bicyclic) bond motifs is 1. The quantitative estimate of drug-likeness (QED) is 0.417. The van der Waals surface area contributed by atoms with Gasteiger partial charge in [-0.1, -0.05) is 42.5 Å². The summed E-state index contributed by atoms with van der Waals surface area (Å²) < 4.78 is 45.0. The minimum atomic E-state index is -4.32. The van der Waals surface area contributed by atoms with E-state index < -0.39 is 11.7 Å². The van der Waals surface area contributed by atoms with Crippen molar-refractivity contribution in [2.75, 3.05) is 19.6 Å². The fraction of sp³-hybridized carbons (Fsp3) is 0.435. The van der Waals surface area contributed by atoms with Gasteiger partial charge in [-0.25, -0.2) is 0 Å². The normalized spacial score (nSPS) is 26.1. The van der Waals surface area contributed by atoms with Crippen molar-refractivity contribution in [3.8, 4) is 0 Å². The Labute approximate surface area is 190 Å². The highest BCUT2D eigenvalue weighted by Crippen LogP contribution is 2.51. The van der Waals surface area contributed by atoms with Crippen molar-refractivity contribution in [3.63, 3.8) is 0 Å². The van der Waals surface area contributed by atoms with Crippen molar-refractivity contribution >= 4 is 17.3 Å². The third kappa shape index (κ3) is 4.34. The Hall–Kier alpha value is -2.20. The van der Waals surface area contributed by atoms with E-state index in [-0.39, 0.29) is 12.0 Å². The maximum Gasteiger partial charge on any atom is 0.416 e. The number of hydrogen-bond acceptors (Lipinski definition) is 3. The van der Waals surface area contributed by atoms with E-state index in [2.05, 4.69) is 22.3 Å². The molecule has 3 fully saturated rings. The third-order valence-corrected chi connectivity index (χ3v) is 6.93. The highest BCUT2D eigenvalue weighted by atomic mass is 32.1. The zero-order valence-electron chi connectivity index (χ0n) is 17.5. The summed E-state index contributed by atoms with van der Waals surface area (Å²) in [4.78, 5) is 7.95. The number of ether oxygens (including phenoxy) is 1. The van der Waals surface area contributed by atoms with Gasteiger partial charge in [-0.05, 0) is 29.9 Å². The highest BCUT2D eigenvalue weighted by Gasteiger charge is 2.73. The van der Waals surface area contributed by atoms with Crippen LogP contribution in [0.5, 0.6) is 0 Å². The molecule has 2 atom stereocenters. The van der Waals surface area contributed by atoms with E-state index in [1.807, 2.05) is 18.2 Å². The number of piperidine rings is 1. The van der Waals surface area contributed by atoms with Gasteiger partial charge in [0.1, 0.15) is 18.7 Å². The van der Waals surface area contributed by atoms with Crippen LogP contribution in [0, 0.1) is 0 Å². The topological polar surface area (TPSA) is 37.0 Å². The van der Waals surface area contributed by atoms with Crippen molar-refractivity contribution in [2.45, 2.75) is 44.1 Å². The second-order valence-electron chi connectivity index (χ2n) is 8.81. The number of halogens is 3. The molecule has 3 aliphatic heterocycles. The van der Waals surface area contributed by atoms with Gasteiger partial charge in [0.15, 0.2) is 5.11 Å². The second kappa shape index (κ2) is 7.98. The van der Waals surface area contributed by atoms with Crippen LogP contribution >= 0.6 is 12.2 Å². The van der Waals surface area contributed by atoms with Crippen molar-refractivity contribution in [1.29, 1.82) is 0 Å². The van der Waals surface area contributed by atoms with E-state index in [1.54, 1.807) is 0 Å². The molecule has 5 rings (SSSR count). The molecule has 3 aliphatic rings. The van der Waals surface area contributed by atoms with Crippen LogP contribution in [-0.2, 0) is 28.8 Å². The third-order valence-electron chi connectivity index (χ3n) is 6.53. The highest BCUT2D eigenvalue weighted by molar-refractivity contribution is 7.80. The lowest BCUT2D eigenvalue weighted by Gasteiger charge is -2.38. The van der Waals surface area contributed by atoms with E-state index in [0.29, 0.717) is 24.3 Å². The first-order chi connectivity index (χ1) is 15.3. The molecule has 0 bridgehead atoms. The molecule has 3 saturated heterocycles. The molecular formula is C23H25F3N3O2S+. The van der Waals surface area contributed by atoms with Crippen molar-refractivity contribution < 1.29 is 27.4 Å². The summed E-state index contributed by atoms with van der Waals surface area (Å²) >= 11 is 5.58. The minimum Gasteiger partial charge on any atom is -0.358 e. The van der Waals surface area contributed by atoms with E-state index in [9.17, 15) is 13.2 Å². The Bertz CT molecular complexity index is 978. The molecular weight excluding hydrogens is 439 g/mol. The number of nitrogens with zero attached hydrogens (tertiary/aromatic N) is 2. The average Bonchev–Trinajstić information content (AvgIpc) is 3.33. The molecule has 0 amide bonds. The monoisotopic (exact) mass is 464 g/mol. The van der Waals surface area contributed by atoms with Gasteiger partial charge in [-0.3, -0.25) is 4.74 Å². The molecule has 1 N–H and O–H groups in total. The summed E-state index contributed by atoms with van der Waals surface area (Å²) in [6.07, 6.45) is -2.97. The molecule has 170 valence electrons. The zero-order valence-corrected chi connectivity index (χ0v) is 18.3. The van der Waals surface area contributed by atoms with Crippen molar-refractivity contribution in [1.82, 2.24) is 10.2 Å². The molecule has 2 aromatic rings. The summed E-state index contributed by atoms with van der Waals surface area (Å²) in [5.41, 5.74) is 1.09. The smallest absolute Gasteiger partial charge is 0.358 e. The first kappa shape index (κ1) is 21.6. The predicted octanol–water partition coefficient (Wildman–Crippen LogP) is 4.19. The lowest BCUT2D eigenvalue weighted by Crippen LogP contribution is -2.52. The summed E-state index contributed by atoms with van der Waals surface area (Å²) in [7, 11) is 0. The SMILES string of the molecule is FC(F)(F)c1ccc(C[N+]23CC4(CCN(C(=S)NCc5ccccc5)CC4)OC2O3)cc1. The van der Waals surface area contributed by atoms with Crippen LogP contribution in [0.4, 0.5) is 13.2 Å². The number of alkyl halides is 3. The van der Waals surface area contributed by atoms with Gasteiger partial charge in [0.2, 0.25) is 0 Å². The summed E-state index contributed by atoms with van der Waals surface area (Å²) in [6, 6.07) is 15.4. The van der Waals surface area contributed by atoms with E-state index in [1.165, 1.54) is 17.7 Å². The van der Waals surface area contributed by atoms with Gasteiger partial charge in [0, 0.05) is 38.0 Å². The molecule has 3 heterocycles. The molecule has 2 unspecified atom stereocenters. The number of benzene rings is 2. The molecule has 2 aromatic carbocycles. The van der Waals surface area contributed by atoms with Crippen LogP contribution in [0.2, 0.25) is 0 Å². The average molecular weight is 465 g/mol. The molecule has 0 radical (unpaired) electrons. The largest absolute Gasteiger partial charge is 0.416 e. The predicted molar refractivity (Wildman–Crippen MR) is 116 cm³/mol. The fourth-order valence-corrected chi connectivity index (χ4v) is 4.93. The lowest BCUT2D eigenvalue weighted by molar-refractivity contribution is -0.931. The van der Waals surface area contributed by atoms with E-state index in [4.69, 9.17) is 21.8 Å². The summed E-state index contributed by atoms with van der Waals surface area (Å²) in [5, 5.41) is 4.08. The Kier molecular flexibility index (Phi) is 5.40. The van der Waals surface area contributed by atoms with E-state index in [0.717, 1.165) is 48.7 Å². The maximum absolute atomic E-state index is 12.8. The fourth-order valence-electron chi connectivity index (χ4n) is 4.68. The van der Waals surface area contributed by atoms with Gasteiger partial charge in [0.05, 0.1) is 5.56 Å². The molecule has 32 heavy (non-hydrogen) atoms. The number of quaternary nitrogens is 1. The van der Waals surface area contributed by atoms with Crippen LogP contribution in [0.1, 0.15) is 29.5 Å². The summed E-state index contributed by atoms with van der Waals surface area (Å²) in [6.45, 7) is 3.50. The number of hydrogen-bond donors (Lipinski definition) is 1. The Balaban J connectivity index is 1.14. The van der Waals surface area contributed by atoms with Gasteiger partial charge in [-0.2, -0.15) is 13.2 Å². The first-order valence-electron chi connectivity index (χ1n) is 10.7. The Morgan fingerprint density at radius 2 is 1.75 bits per heavy atom. The van der Waals surface area contributed by atoms with Crippen LogP contribution in [-0.4, -0.2) is 46.3 Å². The molecule has 5 nitrogen and oxygen atoms in total. The first-order valence-corrected chi connectivity index (χ1v) is 11.1. The van der Waals surface area contributed by atoms with Gasteiger partial charge < -0.3 is 10.2 Å². The number of nitrogens with one attached hydrogen (secondary N) is 1. The lowest BCUT2D eigenvalue weighted by atomic mass is 9.91. The summed E-state index contributed by atoms with van der Waals surface area (Å²) in [5.74, 6) is 0. The molecule has 1 spiro atoms. The van der Waals surface area contributed by atoms with E-state index >= 15 is 0 Å². The van der Waals surface area contributed by atoms with Crippen LogP contribution in [0.15, 0.2) is 54.6 Å². The number of rotatable bonds is 4. The number of hydroxylamine groups is 3. The second-order valence-corrected chi connectivity index (χ2v) is 9.19. The van der Waals surface area contributed by atoms with Gasteiger partial charge >= 0.3 is 12.6 Å². The maximum atomic E-state index is 12.8. The Morgan fingerprint density at radius 1 is 1.06 bits per heavy atom. The van der Waals surface area contributed by atoms with Crippen LogP contribution in [0.25, 0.3) is 0 Å². The number of likely N-dealkylation sites (tertiary alicyclic amines) is 1. The van der Waals surface area contributed by atoms with Gasteiger partial charge in [-0.15, -0.1) is 9.48 Å². The Morgan fingerprint density at radius 3 is 2.41 bits per heavy atom. The molecule has 0 aliphatic carbocycles. The van der Waals surface area contributed by atoms with Crippen molar-refractivity contribution in [2.24, 2.45) is 0 Å². The zero-order chi connectivity index (χ0) is 22.4. The number of thiocarbonyl (C=S) groups is 1.